The number of allylic oxidation sites excluding steroid dienone is 2. The fourth-order valence-electron chi connectivity index (χ4n) is 4.86. The largest absolute Gasteiger partial charge is 0.460 e. The van der Waals surface area contributed by atoms with Gasteiger partial charge in [0.15, 0.2) is 0 Å². The Labute approximate surface area is 294 Å². The second kappa shape index (κ2) is 18.5. The molecule has 3 N–H and O–H groups in total. The molecule has 0 spiro atoms. The van der Waals surface area contributed by atoms with Gasteiger partial charge in [-0.25, -0.2) is 19.2 Å². The van der Waals surface area contributed by atoms with Crippen molar-refractivity contribution in [3.05, 3.63) is 62.5 Å². The first-order chi connectivity index (χ1) is 23.8. The Bertz CT molecular complexity index is 1580. The molecular formula is C33H44N4O14. The van der Waals surface area contributed by atoms with Crippen LogP contribution in [0.2, 0.25) is 0 Å². The molecule has 3 amide bonds. The van der Waals surface area contributed by atoms with E-state index in [1.807, 2.05) is 0 Å². The molecule has 0 aromatic heterocycles. The molecule has 18 heteroatoms. The van der Waals surface area contributed by atoms with Crippen molar-refractivity contribution in [3.63, 3.8) is 0 Å². The number of methoxy groups -OCH3 is 1. The number of carbonyl (C=O) groups is 6. The Morgan fingerprint density at radius 1 is 0.980 bits per heavy atom. The number of nitro benzene ring substituents is 1. The van der Waals surface area contributed by atoms with Crippen LogP contribution >= 0.6 is 0 Å². The van der Waals surface area contributed by atoms with Crippen molar-refractivity contribution in [2.45, 2.75) is 85.0 Å². The lowest BCUT2D eigenvalue weighted by Gasteiger charge is -2.36. The van der Waals surface area contributed by atoms with E-state index in [4.69, 9.17) is 34.2 Å². The van der Waals surface area contributed by atoms with Gasteiger partial charge < -0.3 is 39.5 Å². The Balaban J connectivity index is 2.40. The maximum absolute atomic E-state index is 13.6. The Kier molecular flexibility index (Phi) is 15.1. The third-order valence-corrected chi connectivity index (χ3v) is 7.00. The van der Waals surface area contributed by atoms with Gasteiger partial charge in [-0.15, -0.1) is 0 Å². The van der Waals surface area contributed by atoms with Crippen molar-refractivity contribution in [2.75, 3.05) is 27.1 Å². The van der Waals surface area contributed by atoms with Gasteiger partial charge in [-0.3, -0.25) is 24.6 Å². The first-order valence-corrected chi connectivity index (χ1v) is 15.7. The van der Waals surface area contributed by atoms with Gasteiger partial charge in [-0.2, -0.15) is 0 Å². The molecule has 0 bridgehead atoms. The number of nitro groups is 1. The highest BCUT2D eigenvalue weighted by atomic mass is 16.7. The van der Waals surface area contributed by atoms with Crippen molar-refractivity contribution in [2.24, 2.45) is 5.73 Å². The van der Waals surface area contributed by atoms with Crippen LogP contribution in [-0.4, -0.2) is 90.7 Å². The van der Waals surface area contributed by atoms with E-state index in [-0.39, 0.29) is 53.4 Å². The Morgan fingerprint density at radius 3 is 2.16 bits per heavy atom. The number of hydrogen-bond donors (Lipinski definition) is 2. The summed E-state index contributed by atoms with van der Waals surface area (Å²) in [6.45, 7) is 9.66. The molecule has 0 saturated heterocycles. The monoisotopic (exact) mass is 720 g/mol. The third kappa shape index (κ3) is 12.1. The van der Waals surface area contributed by atoms with Gasteiger partial charge in [-0.05, 0) is 60.5 Å². The standard InChI is InChI=1S/C33H44N4O14/c1-18(2)50-30(41)26-20(4)36(32(43)49-17-48-24(38)13-12-23(28(34)39)35-31(42)51-33(5,6)7)19(3)25(29(40)47-15-14-46-8)27(26)21-10-9-11-22(16-21)37(44)45/h9-11,16,18,23,27H,12-15,17H2,1-8H3,(H2,34,39)(H,35,42). The molecule has 0 aliphatic carbocycles. The summed E-state index contributed by atoms with van der Waals surface area (Å²) in [6, 6.07) is 4.01. The minimum absolute atomic E-state index is 0.0189. The zero-order valence-electron chi connectivity index (χ0n) is 29.8. The summed E-state index contributed by atoms with van der Waals surface area (Å²) < 4.78 is 31.0. The molecule has 2 rings (SSSR count). The lowest BCUT2D eigenvalue weighted by Crippen LogP contribution is -2.46. The van der Waals surface area contributed by atoms with Crippen molar-refractivity contribution >= 4 is 41.7 Å². The molecule has 51 heavy (non-hydrogen) atoms. The molecule has 18 nitrogen and oxygen atoms in total. The molecule has 1 heterocycles. The number of amides is 3. The summed E-state index contributed by atoms with van der Waals surface area (Å²) >= 11 is 0. The summed E-state index contributed by atoms with van der Waals surface area (Å²) in [4.78, 5) is 88.9. The number of nitrogens with zero attached hydrogens (tertiary/aromatic N) is 2. The average Bonchev–Trinajstić information content (AvgIpc) is 3.01. The molecule has 2 atom stereocenters. The van der Waals surface area contributed by atoms with Crippen LogP contribution in [0.15, 0.2) is 46.8 Å². The van der Waals surface area contributed by atoms with Gasteiger partial charge in [0.2, 0.25) is 12.7 Å². The summed E-state index contributed by atoms with van der Waals surface area (Å²) in [6.07, 6.45) is -3.41. The number of rotatable bonds is 15. The minimum atomic E-state index is -1.28. The number of esters is 3. The molecule has 1 aromatic carbocycles. The maximum atomic E-state index is 13.6. The topological polar surface area (TPSA) is 242 Å². The molecule has 0 radical (unpaired) electrons. The third-order valence-electron chi connectivity index (χ3n) is 7.00. The van der Waals surface area contributed by atoms with E-state index < -0.39 is 77.8 Å². The lowest BCUT2D eigenvalue weighted by molar-refractivity contribution is -0.384. The van der Waals surface area contributed by atoms with Crippen LogP contribution in [0.5, 0.6) is 0 Å². The SMILES string of the molecule is COCCOC(=O)C1=C(C)N(C(=O)OCOC(=O)CCC(NC(=O)OC(C)(C)C)C(N)=O)C(C)=C(C(=O)OC(C)C)C1c1cccc([N+](=O)[O-])c1. The predicted octanol–water partition coefficient (Wildman–Crippen LogP) is 3.48. The van der Waals surface area contributed by atoms with Gasteiger partial charge in [-0.1, -0.05) is 12.1 Å². The van der Waals surface area contributed by atoms with Crippen molar-refractivity contribution < 1.29 is 62.1 Å². The van der Waals surface area contributed by atoms with Crippen LogP contribution in [0, 0.1) is 10.1 Å². The van der Waals surface area contributed by atoms with Gasteiger partial charge in [0, 0.05) is 37.1 Å². The number of carbonyl (C=O) groups excluding carboxylic acids is 6. The van der Waals surface area contributed by atoms with E-state index in [0.29, 0.717) is 0 Å². The quantitative estimate of drug-likeness (QED) is 0.0658. The van der Waals surface area contributed by atoms with Crippen LogP contribution in [0.4, 0.5) is 15.3 Å². The van der Waals surface area contributed by atoms with Crippen LogP contribution < -0.4 is 11.1 Å². The van der Waals surface area contributed by atoms with E-state index >= 15 is 0 Å². The van der Waals surface area contributed by atoms with Gasteiger partial charge >= 0.3 is 30.1 Å². The highest BCUT2D eigenvalue weighted by Gasteiger charge is 2.43. The summed E-state index contributed by atoms with van der Waals surface area (Å²) in [5.41, 5.74) is 3.78. The maximum Gasteiger partial charge on any atom is 0.421 e. The molecule has 1 aliphatic rings. The van der Waals surface area contributed by atoms with Crippen molar-refractivity contribution in [1.29, 1.82) is 0 Å². The molecule has 1 aromatic rings. The lowest BCUT2D eigenvalue weighted by atomic mass is 9.79. The first-order valence-electron chi connectivity index (χ1n) is 15.7. The normalized spacial score (nSPS) is 15.2. The van der Waals surface area contributed by atoms with Gasteiger partial charge in [0.05, 0.1) is 34.7 Å². The smallest absolute Gasteiger partial charge is 0.421 e. The second-order valence-electron chi connectivity index (χ2n) is 12.4. The molecule has 280 valence electrons. The van der Waals surface area contributed by atoms with E-state index in [2.05, 4.69) is 5.32 Å². The minimum Gasteiger partial charge on any atom is -0.460 e. The number of primary amides is 1. The number of alkyl carbamates (subject to hydrolysis) is 1. The zero-order chi connectivity index (χ0) is 38.6. The second-order valence-corrected chi connectivity index (χ2v) is 12.4. The van der Waals surface area contributed by atoms with Crippen molar-refractivity contribution in [1.82, 2.24) is 10.2 Å². The highest BCUT2D eigenvalue weighted by molar-refractivity contribution is 6.01. The molecule has 2 unspecified atom stereocenters. The zero-order valence-corrected chi connectivity index (χ0v) is 29.8. The Morgan fingerprint density at radius 2 is 1.61 bits per heavy atom. The summed E-state index contributed by atoms with van der Waals surface area (Å²) in [5, 5.41) is 13.9. The van der Waals surface area contributed by atoms with E-state index in [1.54, 1.807) is 34.6 Å². The van der Waals surface area contributed by atoms with E-state index in [9.17, 15) is 38.9 Å². The summed E-state index contributed by atoms with van der Waals surface area (Å²) in [5.74, 6) is -5.02. The van der Waals surface area contributed by atoms with Crippen LogP contribution in [-0.2, 0) is 47.6 Å². The number of nitrogens with two attached hydrogens (primary N) is 1. The molecule has 1 aliphatic heterocycles. The Hall–Kier alpha value is -5.52. The van der Waals surface area contributed by atoms with Gasteiger partial charge in [0.25, 0.3) is 5.69 Å². The van der Waals surface area contributed by atoms with Crippen molar-refractivity contribution in [3.8, 4) is 0 Å². The van der Waals surface area contributed by atoms with Gasteiger partial charge in [0.1, 0.15) is 18.2 Å². The molecule has 0 fully saturated rings. The van der Waals surface area contributed by atoms with Crippen LogP contribution in [0.3, 0.4) is 0 Å². The van der Waals surface area contributed by atoms with Crippen LogP contribution in [0.25, 0.3) is 0 Å². The average molecular weight is 721 g/mol. The number of nitrogens with one attached hydrogen (secondary N) is 1. The number of ether oxygens (including phenoxy) is 6. The highest BCUT2D eigenvalue weighted by Crippen LogP contribution is 2.44. The first kappa shape index (κ1) is 41.7. The van der Waals surface area contributed by atoms with Crippen LogP contribution in [0.1, 0.15) is 72.8 Å². The fourth-order valence-corrected chi connectivity index (χ4v) is 4.86. The van der Waals surface area contributed by atoms with E-state index in [1.165, 1.54) is 45.2 Å². The van der Waals surface area contributed by atoms with E-state index in [0.717, 1.165) is 4.90 Å². The summed E-state index contributed by atoms with van der Waals surface area (Å²) in [7, 11) is 1.39. The number of hydrogen-bond acceptors (Lipinski definition) is 14. The predicted molar refractivity (Wildman–Crippen MR) is 176 cm³/mol. The molecular weight excluding hydrogens is 676 g/mol. The number of non-ortho nitro benzene ring substituents is 1. The molecule has 0 saturated carbocycles. The fraction of sp³-hybridized carbons (Fsp3) is 0.515. The number of benzene rings is 1.